The molecular weight excluding hydrogens is 470 g/mol. The number of unbranched alkanes of at least 4 members (excludes halogenated alkanes) is 9. The second kappa shape index (κ2) is 17.5. The predicted molar refractivity (Wildman–Crippen MR) is 147 cm³/mol. The maximum Gasteiger partial charge on any atom is 0.264 e. The monoisotopic (exact) mass is 517 g/mol. The summed E-state index contributed by atoms with van der Waals surface area (Å²) < 4.78 is 27.1. The highest BCUT2D eigenvalue weighted by atomic mass is 32.2. The van der Waals surface area contributed by atoms with E-state index in [9.17, 15) is 18.0 Å². The molecule has 2 aliphatic carbocycles. The summed E-state index contributed by atoms with van der Waals surface area (Å²) in [6.45, 7) is 2.25. The largest absolute Gasteiger partial charge is 0.295 e. The smallest absolute Gasteiger partial charge is 0.264 e. The van der Waals surface area contributed by atoms with Crippen molar-refractivity contribution in [3.8, 4) is 0 Å². The van der Waals surface area contributed by atoms with Crippen molar-refractivity contribution in [3.05, 3.63) is 42.0 Å². The molecule has 1 amide bonds. The number of aryl methyl sites for hydroxylation is 1. The van der Waals surface area contributed by atoms with E-state index in [-0.39, 0.29) is 22.5 Å². The Morgan fingerprint density at radius 2 is 1.44 bits per heavy atom. The molecule has 36 heavy (non-hydrogen) atoms. The molecule has 0 atom stereocenters. The Bertz CT molecular complexity index is 899. The number of sulfonamides is 1. The fourth-order valence-corrected chi connectivity index (χ4v) is 5.85. The van der Waals surface area contributed by atoms with Gasteiger partial charge in [-0.1, -0.05) is 95.8 Å². The number of allylic oxidation sites excluding steroid dienone is 2. The van der Waals surface area contributed by atoms with Gasteiger partial charge in [-0.2, -0.15) is 0 Å². The van der Waals surface area contributed by atoms with Gasteiger partial charge in [0.15, 0.2) is 5.78 Å². The first-order valence-corrected chi connectivity index (χ1v) is 15.8. The zero-order chi connectivity index (χ0) is 26.1. The zero-order valence-electron chi connectivity index (χ0n) is 22.3. The second-order valence-corrected chi connectivity index (χ2v) is 12.0. The van der Waals surface area contributed by atoms with Gasteiger partial charge in [0, 0.05) is 12.3 Å². The Balaban J connectivity index is 0.000000558. The lowest BCUT2D eigenvalue weighted by atomic mass is 10.0. The minimum Gasteiger partial charge on any atom is -0.295 e. The molecule has 0 bridgehead atoms. The number of carbonyl (C=O) groups is 2. The molecule has 1 N–H and O–H groups in total. The van der Waals surface area contributed by atoms with E-state index in [0.717, 1.165) is 63.4 Å². The Hall–Kier alpha value is -1.95. The molecule has 2 aliphatic rings. The normalized spacial score (nSPS) is 16.0. The van der Waals surface area contributed by atoms with Crippen LogP contribution in [0.25, 0.3) is 0 Å². The molecule has 0 saturated heterocycles. The third-order valence-electron chi connectivity index (χ3n) is 7.11. The Morgan fingerprint density at radius 1 is 0.861 bits per heavy atom. The van der Waals surface area contributed by atoms with E-state index in [1.54, 1.807) is 18.2 Å². The molecule has 1 fully saturated rings. The van der Waals surface area contributed by atoms with Gasteiger partial charge in [0.1, 0.15) is 0 Å². The van der Waals surface area contributed by atoms with Gasteiger partial charge in [0.2, 0.25) is 5.91 Å². The number of carbonyl (C=O) groups excluding carboxylic acids is 2. The van der Waals surface area contributed by atoms with E-state index in [0.29, 0.717) is 0 Å². The minimum absolute atomic E-state index is 0.152. The zero-order valence-corrected chi connectivity index (χ0v) is 23.1. The molecular formula is C30H47NO4S. The number of nitrogens with one attached hydrogen (secondary N) is 1. The topological polar surface area (TPSA) is 80.3 Å². The highest BCUT2D eigenvalue weighted by molar-refractivity contribution is 7.90. The molecule has 0 aliphatic heterocycles. The maximum atomic E-state index is 12.4. The van der Waals surface area contributed by atoms with Crippen LogP contribution in [0.3, 0.4) is 0 Å². The molecule has 1 saturated carbocycles. The summed E-state index contributed by atoms with van der Waals surface area (Å²) in [7, 11) is -3.76. The van der Waals surface area contributed by atoms with Gasteiger partial charge >= 0.3 is 0 Å². The molecule has 0 radical (unpaired) electrons. The van der Waals surface area contributed by atoms with Crippen molar-refractivity contribution in [1.29, 1.82) is 0 Å². The van der Waals surface area contributed by atoms with E-state index in [4.69, 9.17) is 0 Å². The van der Waals surface area contributed by atoms with Crippen LogP contribution in [0.5, 0.6) is 0 Å². The van der Waals surface area contributed by atoms with Crippen LogP contribution < -0.4 is 4.72 Å². The second-order valence-electron chi connectivity index (χ2n) is 10.3. The molecule has 1 aromatic rings. The molecule has 0 heterocycles. The van der Waals surface area contributed by atoms with E-state index < -0.39 is 10.0 Å². The lowest BCUT2D eigenvalue weighted by molar-refractivity contribution is -0.123. The van der Waals surface area contributed by atoms with Crippen LogP contribution in [-0.2, 0) is 26.0 Å². The third kappa shape index (κ3) is 12.3. The van der Waals surface area contributed by atoms with Crippen molar-refractivity contribution < 1.29 is 18.0 Å². The number of benzene rings is 1. The third-order valence-corrected chi connectivity index (χ3v) is 8.47. The number of amides is 1. The summed E-state index contributed by atoms with van der Waals surface area (Å²) >= 11 is 0. The van der Waals surface area contributed by atoms with E-state index in [1.807, 2.05) is 18.2 Å². The molecule has 5 nitrogen and oxygen atoms in total. The van der Waals surface area contributed by atoms with Gasteiger partial charge in [0.05, 0.1) is 4.90 Å². The molecule has 202 valence electrons. The summed E-state index contributed by atoms with van der Waals surface area (Å²) in [6.07, 6.45) is 24.2. The maximum absolute atomic E-state index is 12.4. The SMILES string of the molecule is CCCCCCCCCCCCc1ccc(S(=O)(=O)NC(=O)C2CCCC2)cc1.O=C1C=CCCC1. The number of hydrogen-bond acceptors (Lipinski definition) is 4. The van der Waals surface area contributed by atoms with Crippen molar-refractivity contribution in [3.63, 3.8) is 0 Å². The predicted octanol–water partition coefficient (Wildman–Crippen LogP) is 7.44. The van der Waals surface area contributed by atoms with Gasteiger partial charge in [-0.15, -0.1) is 0 Å². The Kier molecular flexibility index (Phi) is 14.7. The molecule has 1 aromatic carbocycles. The van der Waals surface area contributed by atoms with Gasteiger partial charge in [-0.25, -0.2) is 13.1 Å². The van der Waals surface area contributed by atoms with E-state index in [1.165, 1.54) is 57.8 Å². The standard InChI is InChI=1S/C24H39NO3S.C6H8O/c1-2-3-4-5-6-7-8-9-10-11-14-21-17-19-23(20-18-21)29(27,28)25-24(26)22-15-12-13-16-22;7-6-4-2-1-3-5-6/h17-20,22H,2-16H2,1H3,(H,25,26);2,4H,1,3,5H2. The van der Waals surface area contributed by atoms with Crippen LogP contribution in [-0.4, -0.2) is 20.1 Å². The summed E-state index contributed by atoms with van der Waals surface area (Å²) in [6, 6.07) is 7.00. The van der Waals surface area contributed by atoms with Gasteiger partial charge in [0.25, 0.3) is 10.0 Å². The Labute approximate surface area is 219 Å². The summed E-state index contributed by atoms with van der Waals surface area (Å²) in [5, 5.41) is 0. The average molecular weight is 518 g/mol. The van der Waals surface area contributed by atoms with Crippen LogP contribution in [0.4, 0.5) is 0 Å². The fourth-order valence-electron chi connectivity index (χ4n) is 4.81. The van der Waals surface area contributed by atoms with Crippen molar-refractivity contribution in [2.45, 2.75) is 127 Å². The lowest BCUT2D eigenvalue weighted by Gasteiger charge is -2.11. The summed E-state index contributed by atoms with van der Waals surface area (Å²) in [5.74, 6) is -0.219. The summed E-state index contributed by atoms with van der Waals surface area (Å²) in [4.78, 5) is 22.7. The molecule has 0 unspecified atom stereocenters. The van der Waals surface area contributed by atoms with E-state index >= 15 is 0 Å². The number of hydrogen-bond donors (Lipinski definition) is 1. The molecule has 0 spiro atoms. The fraction of sp³-hybridized carbons (Fsp3) is 0.667. The van der Waals surface area contributed by atoms with Gasteiger partial charge in [-0.05, 0) is 62.3 Å². The van der Waals surface area contributed by atoms with Crippen LogP contribution >= 0.6 is 0 Å². The minimum atomic E-state index is -3.76. The van der Waals surface area contributed by atoms with Gasteiger partial charge < -0.3 is 0 Å². The Morgan fingerprint density at radius 3 is 1.94 bits per heavy atom. The quantitative estimate of drug-likeness (QED) is 0.260. The lowest BCUT2D eigenvalue weighted by Crippen LogP contribution is -2.34. The average Bonchev–Trinajstić information content (AvgIpc) is 3.42. The molecule has 0 aromatic heterocycles. The first-order chi connectivity index (χ1) is 17.4. The van der Waals surface area contributed by atoms with Crippen molar-refractivity contribution >= 4 is 21.7 Å². The highest BCUT2D eigenvalue weighted by Crippen LogP contribution is 2.25. The van der Waals surface area contributed by atoms with Crippen LogP contribution in [0, 0.1) is 5.92 Å². The highest BCUT2D eigenvalue weighted by Gasteiger charge is 2.27. The first-order valence-electron chi connectivity index (χ1n) is 14.3. The van der Waals surface area contributed by atoms with Crippen molar-refractivity contribution in [2.75, 3.05) is 0 Å². The van der Waals surface area contributed by atoms with Crippen LogP contribution in [0.1, 0.15) is 122 Å². The van der Waals surface area contributed by atoms with Crippen LogP contribution in [0.2, 0.25) is 0 Å². The molecule has 6 heteroatoms. The number of rotatable bonds is 14. The summed E-state index contributed by atoms with van der Waals surface area (Å²) in [5.41, 5.74) is 1.16. The molecule has 3 rings (SSSR count). The first kappa shape index (κ1) is 30.3. The van der Waals surface area contributed by atoms with Crippen LogP contribution in [0.15, 0.2) is 41.3 Å². The number of ketones is 1. The van der Waals surface area contributed by atoms with E-state index in [2.05, 4.69) is 11.6 Å². The van der Waals surface area contributed by atoms with Gasteiger partial charge in [-0.3, -0.25) is 9.59 Å². The van der Waals surface area contributed by atoms with Crippen molar-refractivity contribution in [2.24, 2.45) is 5.92 Å². The van der Waals surface area contributed by atoms with Crippen molar-refractivity contribution in [1.82, 2.24) is 4.72 Å².